The lowest BCUT2D eigenvalue weighted by Gasteiger charge is -2.34. The molecule has 0 saturated carbocycles. The lowest BCUT2D eigenvalue weighted by Crippen LogP contribution is -2.43. The molecular formula is C35H35ClF3N7O2S. The molecule has 6 heterocycles. The molecule has 0 aliphatic carbocycles. The number of piperidine rings is 1. The molecule has 4 aromatic rings. The maximum absolute atomic E-state index is 17.0. The van der Waals surface area contributed by atoms with Crippen molar-refractivity contribution in [2.45, 2.75) is 56.7 Å². The van der Waals surface area contributed by atoms with E-state index in [2.05, 4.69) is 9.88 Å². The molecule has 2 N–H and O–H groups in total. The first-order valence-corrected chi connectivity index (χ1v) is 18.0. The Morgan fingerprint density at radius 1 is 1.14 bits per heavy atom. The summed E-state index contributed by atoms with van der Waals surface area (Å²) < 4.78 is 52.8. The molecule has 256 valence electrons. The molecule has 2 atom stereocenters. The molecule has 49 heavy (non-hydrogen) atoms. The molecule has 9 nitrogen and oxygen atoms in total. The Labute approximate surface area is 290 Å². The summed E-state index contributed by atoms with van der Waals surface area (Å²) in [7, 11) is 0. The quantitative estimate of drug-likeness (QED) is 0.236. The van der Waals surface area contributed by atoms with Gasteiger partial charge < -0.3 is 20.3 Å². The van der Waals surface area contributed by atoms with Crippen molar-refractivity contribution in [3.05, 3.63) is 40.4 Å². The number of nitrogen functional groups attached to an aromatic ring is 1. The summed E-state index contributed by atoms with van der Waals surface area (Å²) in [6.45, 7) is 3.93. The number of carbonyl (C=O) groups excluding carboxylic acids is 1. The number of amides is 1. The van der Waals surface area contributed by atoms with Crippen LogP contribution in [0.25, 0.3) is 32.1 Å². The van der Waals surface area contributed by atoms with Crippen molar-refractivity contribution in [1.29, 1.82) is 5.26 Å². The number of anilines is 2. The Bertz CT molecular complexity index is 2020. The van der Waals surface area contributed by atoms with Crippen molar-refractivity contribution >= 4 is 60.7 Å². The molecule has 0 radical (unpaired) electrons. The first kappa shape index (κ1) is 32.4. The van der Waals surface area contributed by atoms with Gasteiger partial charge in [-0.25, -0.2) is 13.2 Å². The number of hydrogen-bond donors (Lipinski definition) is 1. The predicted octanol–water partition coefficient (Wildman–Crippen LogP) is 6.69. The van der Waals surface area contributed by atoms with E-state index in [1.165, 1.54) is 12.1 Å². The van der Waals surface area contributed by atoms with E-state index < -0.39 is 23.3 Å². The molecule has 14 heteroatoms. The zero-order chi connectivity index (χ0) is 34.0. The second-order valence-electron chi connectivity index (χ2n) is 13.7. The topological polar surface area (TPSA) is 112 Å². The van der Waals surface area contributed by atoms with Crippen LogP contribution in [-0.4, -0.2) is 83.3 Å². The van der Waals surface area contributed by atoms with Crippen LogP contribution in [0, 0.1) is 28.9 Å². The largest absolute Gasteiger partial charge is 0.461 e. The number of alkyl halides is 1. The zero-order valence-corrected chi connectivity index (χ0v) is 28.4. The van der Waals surface area contributed by atoms with Gasteiger partial charge in [-0.05, 0) is 62.8 Å². The molecule has 4 aliphatic heterocycles. The number of ether oxygens (including phenoxy) is 1. The number of carbonyl (C=O) groups is 1. The number of aromatic nitrogens is 2. The second kappa shape index (κ2) is 12.5. The van der Waals surface area contributed by atoms with E-state index in [-0.39, 0.29) is 66.8 Å². The smallest absolute Gasteiger partial charge is 0.319 e. The van der Waals surface area contributed by atoms with Gasteiger partial charge in [0, 0.05) is 61.4 Å². The van der Waals surface area contributed by atoms with Crippen molar-refractivity contribution in [3.63, 3.8) is 0 Å². The third-order valence-corrected chi connectivity index (χ3v) is 12.2. The highest BCUT2D eigenvalue weighted by Crippen LogP contribution is 2.46. The summed E-state index contributed by atoms with van der Waals surface area (Å²) >= 11 is 7.77. The molecule has 8 rings (SSSR count). The van der Waals surface area contributed by atoms with Crippen molar-refractivity contribution in [3.8, 4) is 23.2 Å². The van der Waals surface area contributed by atoms with Crippen LogP contribution in [-0.2, 0) is 4.79 Å². The SMILES string of the molecule is N#Cc1c(N)sc2c(F)ccc(-c3c(Cl)cc4c(N5CCC(C(=O)N6CCCC6)CC5)nc(OC[C@@]56CCCN5C[C@H](F)C6)nc4c3F)c12. The zero-order valence-electron chi connectivity index (χ0n) is 26.8. The van der Waals surface area contributed by atoms with Crippen molar-refractivity contribution in [2.24, 2.45) is 5.92 Å². The fourth-order valence-corrected chi connectivity index (χ4v) is 9.65. The van der Waals surface area contributed by atoms with E-state index in [0.29, 0.717) is 50.1 Å². The predicted molar refractivity (Wildman–Crippen MR) is 184 cm³/mol. The highest BCUT2D eigenvalue weighted by molar-refractivity contribution is 7.23. The lowest BCUT2D eigenvalue weighted by atomic mass is 9.94. The van der Waals surface area contributed by atoms with E-state index in [1.54, 1.807) is 6.07 Å². The molecular weight excluding hydrogens is 675 g/mol. The Morgan fingerprint density at radius 2 is 1.92 bits per heavy atom. The van der Waals surface area contributed by atoms with Gasteiger partial charge in [-0.15, -0.1) is 11.3 Å². The summed E-state index contributed by atoms with van der Waals surface area (Å²) in [4.78, 5) is 28.6. The van der Waals surface area contributed by atoms with E-state index in [1.807, 2.05) is 15.9 Å². The number of nitrogens with two attached hydrogens (primary N) is 1. The minimum Gasteiger partial charge on any atom is -0.461 e. The number of fused-ring (bicyclic) bond motifs is 3. The number of nitrogens with zero attached hydrogens (tertiary/aromatic N) is 6. The van der Waals surface area contributed by atoms with Gasteiger partial charge >= 0.3 is 6.01 Å². The fourth-order valence-electron chi connectivity index (χ4n) is 8.40. The molecule has 2 aromatic heterocycles. The van der Waals surface area contributed by atoms with E-state index in [0.717, 1.165) is 56.7 Å². The number of halogens is 4. The molecule has 4 aliphatic rings. The van der Waals surface area contributed by atoms with Crippen LogP contribution < -0.4 is 15.4 Å². The second-order valence-corrected chi connectivity index (χ2v) is 15.1. The molecule has 1 amide bonds. The third-order valence-electron chi connectivity index (χ3n) is 10.8. The van der Waals surface area contributed by atoms with Crippen LogP contribution >= 0.6 is 22.9 Å². The maximum Gasteiger partial charge on any atom is 0.319 e. The van der Waals surface area contributed by atoms with E-state index in [9.17, 15) is 18.8 Å². The number of nitriles is 1. The van der Waals surface area contributed by atoms with Crippen molar-refractivity contribution < 1.29 is 22.7 Å². The minimum absolute atomic E-state index is 0.0321. The van der Waals surface area contributed by atoms with E-state index in [4.69, 9.17) is 27.1 Å². The van der Waals surface area contributed by atoms with Gasteiger partial charge in [0.25, 0.3) is 0 Å². The van der Waals surface area contributed by atoms with Crippen molar-refractivity contribution in [1.82, 2.24) is 19.8 Å². The van der Waals surface area contributed by atoms with Crippen LogP contribution in [0.15, 0.2) is 18.2 Å². The van der Waals surface area contributed by atoms with Gasteiger partial charge in [0.1, 0.15) is 41.0 Å². The fraction of sp³-hybridized carbons (Fsp3) is 0.486. The first-order chi connectivity index (χ1) is 23.7. The van der Waals surface area contributed by atoms with Gasteiger partial charge in [-0.3, -0.25) is 9.69 Å². The minimum atomic E-state index is -0.944. The number of hydrogen-bond acceptors (Lipinski definition) is 9. The molecule has 0 bridgehead atoms. The van der Waals surface area contributed by atoms with Crippen LogP contribution in [0.1, 0.15) is 50.5 Å². The van der Waals surface area contributed by atoms with Crippen molar-refractivity contribution in [2.75, 3.05) is 56.5 Å². The van der Waals surface area contributed by atoms with Gasteiger partial charge in [0.05, 0.1) is 20.8 Å². The Morgan fingerprint density at radius 3 is 2.67 bits per heavy atom. The van der Waals surface area contributed by atoms with Crippen LogP contribution in [0.2, 0.25) is 5.02 Å². The lowest BCUT2D eigenvalue weighted by molar-refractivity contribution is -0.135. The highest BCUT2D eigenvalue weighted by atomic mass is 35.5. The van der Waals surface area contributed by atoms with Gasteiger partial charge in [-0.1, -0.05) is 17.7 Å². The summed E-state index contributed by atoms with van der Waals surface area (Å²) in [6, 6.07) is 6.17. The summed E-state index contributed by atoms with van der Waals surface area (Å²) in [5.74, 6) is -0.837. The highest BCUT2D eigenvalue weighted by Gasteiger charge is 2.49. The number of rotatable bonds is 6. The standard InChI is InChI=1S/C35H35ClF3N7O2S/c36-24-14-22-29(28(39)27(24)21-4-5-25(38)30-26(21)23(16-40)31(41)49-30)42-34(48-18-35-8-3-11-46(35)17-20(37)15-35)43-32(22)44-12-6-19(7-13-44)33(47)45-9-1-2-10-45/h4-5,14,19-20H,1-3,6-13,15,17-18,41H2/t20-,35+/m1/s1. The van der Waals surface area contributed by atoms with Crippen LogP contribution in [0.3, 0.4) is 0 Å². The average molecular weight is 710 g/mol. The average Bonchev–Trinajstić information content (AvgIpc) is 3.88. The van der Waals surface area contributed by atoms with Crippen LogP contribution in [0.5, 0.6) is 6.01 Å². The monoisotopic (exact) mass is 709 g/mol. The third kappa shape index (κ3) is 5.43. The Hall–Kier alpha value is -3.86. The molecule has 2 aromatic carbocycles. The Balaban J connectivity index is 1.21. The molecule has 4 saturated heterocycles. The molecule has 0 spiro atoms. The number of benzene rings is 2. The maximum atomic E-state index is 17.0. The molecule has 4 fully saturated rings. The summed E-state index contributed by atoms with van der Waals surface area (Å²) in [5.41, 5.74) is 5.77. The van der Waals surface area contributed by atoms with E-state index >= 15 is 4.39 Å². The van der Waals surface area contributed by atoms with Gasteiger partial charge in [0.15, 0.2) is 5.82 Å². The molecule has 0 unspecified atom stereocenters. The summed E-state index contributed by atoms with van der Waals surface area (Å²) in [5, 5.41) is 10.6. The first-order valence-electron chi connectivity index (χ1n) is 16.8. The number of likely N-dealkylation sites (tertiary alicyclic amines) is 1. The number of thiophene rings is 1. The van der Waals surface area contributed by atoms with Gasteiger partial charge in [-0.2, -0.15) is 15.2 Å². The Kier molecular flexibility index (Phi) is 8.24. The van der Waals surface area contributed by atoms with Crippen LogP contribution in [0.4, 0.5) is 24.0 Å². The summed E-state index contributed by atoms with van der Waals surface area (Å²) in [6.07, 6.45) is 4.42. The van der Waals surface area contributed by atoms with Gasteiger partial charge in [0.2, 0.25) is 5.91 Å². The normalized spacial score (nSPS) is 23.1.